The van der Waals surface area contributed by atoms with Gasteiger partial charge in [0, 0.05) is 11.8 Å². The Kier molecular flexibility index (Phi) is 2.69. The van der Waals surface area contributed by atoms with E-state index < -0.39 is 11.4 Å². The van der Waals surface area contributed by atoms with E-state index in [1.807, 2.05) is 6.92 Å². The largest absolute Gasteiger partial charge is 0.368 e. The maximum absolute atomic E-state index is 11.0. The lowest BCUT2D eigenvalue weighted by atomic mass is 10.1. The minimum absolute atomic E-state index is 0.422. The summed E-state index contributed by atoms with van der Waals surface area (Å²) in [7, 11) is 0. The second-order valence-corrected chi connectivity index (χ2v) is 3.66. The van der Waals surface area contributed by atoms with Gasteiger partial charge in [-0.1, -0.05) is 0 Å². The lowest BCUT2D eigenvalue weighted by Gasteiger charge is -2.22. The highest BCUT2D eigenvalue weighted by molar-refractivity contribution is 5.86. The number of nitrogens with two attached hydrogens (primary N) is 1. The van der Waals surface area contributed by atoms with Crippen molar-refractivity contribution in [1.82, 2.24) is 9.97 Å². The highest BCUT2D eigenvalue weighted by Crippen LogP contribution is 2.11. The van der Waals surface area contributed by atoms with E-state index in [1.165, 1.54) is 6.33 Å². The number of nitrogens with zero attached hydrogens (tertiary/aromatic N) is 2. The van der Waals surface area contributed by atoms with Gasteiger partial charge in [0.1, 0.15) is 17.7 Å². The zero-order valence-corrected chi connectivity index (χ0v) is 8.53. The number of rotatable bonds is 3. The highest BCUT2D eigenvalue weighted by atomic mass is 16.1. The molecule has 1 amide bonds. The maximum atomic E-state index is 11.0. The van der Waals surface area contributed by atoms with Gasteiger partial charge in [0.25, 0.3) is 0 Å². The van der Waals surface area contributed by atoms with Gasteiger partial charge in [0.15, 0.2) is 0 Å². The highest BCUT2D eigenvalue weighted by Gasteiger charge is 2.24. The lowest BCUT2D eigenvalue weighted by molar-refractivity contribution is -0.121. The van der Waals surface area contributed by atoms with Gasteiger partial charge < -0.3 is 11.1 Å². The third-order valence-electron chi connectivity index (χ3n) is 1.86. The number of carbonyl (C=O) groups excluding carboxylic acids is 1. The van der Waals surface area contributed by atoms with Crippen LogP contribution in [-0.2, 0) is 4.79 Å². The van der Waals surface area contributed by atoms with Crippen molar-refractivity contribution < 1.29 is 4.79 Å². The quantitative estimate of drug-likeness (QED) is 0.732. The lowest BCUT2D eigenvalue weighted by Crippen LogP contribution is -2.45. The first-order valence-corrected chi connectivity index (χ1v) is 4.28. The standard InChI is InChI=1S/C9H14N4O/c1-6-4-7(12-5-11-6)13-9(2,3)8(10)14/h4-5H,1-3H3,(H2,10,14)(H,11,12,13). The average Bonchev–Trinajstić information content (AvgIpc) is 2.02. The van der Waals surface area contributed by atoms with Crippen LogP contribution >= 0.6 is 0 Å². The first-order valence-electron chi connectivity index (χ1n) is 4.28. The number of nitrogens with one attached hydrogen (secondary N) is 1. The second kappa shape index (κ2) is 3.61. The van der Waals surface area contributed by atoms with E-state index in [2.05, 4.69) is 15.3 Å². The van der Waals surface area contributed by atoms with Crippen LogP contribution in [0.25, 0.3) is 0 Å². The summed E-state index contributed by atoms with van der Waals surface area (Å²) in [5.41, 5.74) is 5.24. The number of amides is 1. The van der Waals surface area contributed by atoms with Crippen molar-refractivity contribution >= 4 is 11.7 Å². The van der Waals surface area contributed by atoms with E-state index in [1.54, 1.807) is 19.9 Å². The van der Waals surface area contributed by atoms with Gasteiger partial charge in [-0.3, -0.25) is 4.79 Å². The van der Waals surface area contributed by atoms with Gasteiger partial charge in [0.2, 0.25) is 5.91 Å². The third-order valence-corrected chi connectivity index (χ3v) is 1.86. The Bertz CT molecular complexity index is 348. The Labute approximate surface area is 82.7 Å². The third kappa shape index (κ3) is 2.42. The van der Waals surface area contributed by atoms with Crippen LogP contribution in [0.2, 0.25) is 0 Å². The molecule has 0 saturated carbocycles. The number of aryl methyl sites for hydroxylation is 1. The summed E-state index contributed by atoms with van der Waals surface area (Å²) in [6, 6.07) is 1.75. The molecule has 1 rings (SSSR count). The van der Waals surface area contributed by atoms with Gasteiger partial charge in [-0.05, 0) is 20.8 Å². The van der Waals surface area contributed by atoms with Crippen LogP contribution in [0.1, 0.15) is 19.5 Å². The predicted octanol–water partition coefficient (Wildman–Crippen LogP) is 0.461. The number of primary amides is 1. The molecule has 1 aromatic heterocycles. The van der Waals surface area contributed by atoms with Gasteiger partial charge in [-0.25, -0.2) is 9.97 Å². The fraction of sp³-hybridized carbons (Fsp3) is 0.444. The van der Waals surface area contributed by atoms with Gasteiger partial charge in [-0.15, -0.1) is 0 Å². The second-order valence-electron chi connectivity index (χ2n) is 3.66. The molecular weight excluding hydrogens is 180 g/mol. The fourth-order valence-electron chi connectivity index (χ4n) is 0.905. The SMILES string of the molecule is Cc1cc(NC(C)(C)C(N)=O)ncn1. The molecule has 14 heavy (non-hydrogen) atoms. The van der Waals surface area contributed by atoms with E-state index in [9.17, 15) is 4.79 Å². The van der Waals surface area contributed by atoms with Crippen LogP contribution in [0.15, 0.2) is 12.4 Å². The number of aromatic nitrogens is 2. The average molecular weight is 194 g/mol. The molecule has 0 unspecified atom stereocenters. The van der Waals surface area contributed by atoms with E-state index >= 15 is 0 Å². The molecule has 5 nitrogen and oxygen atoms in total. The van der Waals surface area contributed by atoms with Crippen molar-refractivity contribution in [2.75, 3.05) is 5.32 Å². The van der Waals surface area contributed by atoms with Crippen molar-refractivity contribution in [3.63, 3.8) is 0 Å². The van der Waals surface area contributed by atoms with Gasteiger partial charge >= 0.3 is 0 Å². The van der Waals surface area contributed by atoms with Gasteiger partial charge in [0.05, 0.1) is 0 Å². The molecule has 76 valence electrons. The summed E-state index contributed by atoms with van der Waals surface area (Å²) in [4.78, 5) is 19.0. The fourth-order valence-corrected chi connectivity index (χ4v) is 0.905. The number of hydrogen-bond donors (Lipinski definition) is 2. The molecule has 0 aliphatic rings. The Balaban J connectivity index is 2.83. The molecule has 0 fully saturated rings. The smallest absolute Gasteiger partial charge is 0.242 e. The molecule has 0 aliphatic carbocycles. The topological polar surface area (TPSA) is 80.9 Å². The van der Waals surface area contributed by atoms with Gasteiger partial charge in [-0.2, -0.15) is 0 Å². The molecule has 3 N–H and O–H groups in total. The van der Waals surface area contributed by atoms with Crippen molar-refractivity contribution in [1.29, 1.82) is 0 Å². The molecule has 5 heteroatoms. The van der Waals surface area contributed by atoms with Crippen molar-refractivity contribution in [3.8, 4) is 0 Å². The Morgan fingerprint density at radius 3 is 2.64 bits per heavy atom. The molecule has 1 aromatic rings. The van der Waals surface area contributed by atoms with Crippen molar-refractivity contribution in [3.05, 3.63) is 18.1 Å². The minimum Gasteiger partial charge on any atom is -0.368 e. The Morgan fingerprint density at radius 2 is 2.14 bits per heavy atom. The first-order chi connectivity index (χ1) is 6.42. The van der Waals surface area contributed by atoms with E-state index in [-0.39, 0.29) is 0 Å². The monoisotopic (exact) mass is 194 g/mol. The molecule has 1 heterocycles. The summed E-state index contributed by atoms with van der Waals surface area (Å²) in [6.07, 6.45) is 1.44. The predicted molar refractivity (Wildman–Crippen MR) is 53.7 cm³/mol. The molecule has 0 saturated heterocycles. The van der Waals surface area contributed by atoms with Crippen molar-refractivity contribution in [2.45, 2.75) is 26.3 Å². The first kappa shape index (κ1) is 10.4. The van der Waals surface area contributed by atoms with E-state index in [0.717, 1.165) is 5.69 Å². The molecule has 0 bridgehead atoms. The van der Waals surface area contributed by atoms with Crippen LogP contribution in [0, 0.1) is 6.92 Å². The summed E-state index contributed by atoms with van der Waals surface area (Å²) in [5, 5.41) is 2.93. The zero-order chi connectivity index (χ0) is 10.8. The van der Waals surface area contributed by atoms with Crippen LogP contribution in [0.4, 0.5) is 5.82 Å². The van der Waals surface area contributed by atoms with Crippen LogP contribution in [-0.4, -0.2) is 21.4 Å². The zero-order valence-electron chi connectivity index (χ0n) is 8.53. The van der Waals surface area contributed by atoms with Crippen LogP contribution in [0.3, 0.4) is 0 Å². The van der Waals surface area contributed by atoms with E-state index in [4.69, 9.17) is 5.73 Å². The number of anilines is 1. The normalized spacial score (nSPS) is 11.1. The summed E-state index contributed by atoms with van der Waals surface area (Å²) >= 11 is 0. The Morgan fingerprint density at radius 1 is 1.50 bits per heavy atom. The molecule has 0 radical (unpaired) electrons. The summed E-state index contributed by atoms with van der Waals surface area (Å²) < 4.78 is 0. The summed E-state index contributed by atoms with van der Waals surface area (Å²) in [6.45, 7) is 5.25. The molecule has 0 spiro atoms. The number of carbonyl (C=O) groups is 1. The number of hydrogen-bond acceptors (Lipinski definition) is 4. The maximum Gasteiger partial charge on any atom is 0.242 e. The van der Waals surface area contributed by atoms with Crippen LogP contribution < -0.4 is 11.1 Å². The Hall–Kier alpha value is -1.65. The van der Waals surface area contributed by atoms with Crippen LogP contribution in [0.5, 0.6) is 0 Å². The van der Waals surface area contributed by atoms with Crippen molar-refractivity contribution in [2.24, 2.45) is 5.73 Å². The molecule has 0 aliphatic heterocycles. The van der Waals surface area contributed by atoms with E-state index in [0.29, 0.717) is 5.82 Å². The minimum atomic E-state index is -0.805. The molecule has 0 aromatic carbocycles. The molecule has 0 atom stereocenters. The molecular formula is C9H14N4O. The summed E-state index contributed by atoms with van der Waals surface area (Å²) in [5.74, 6) is 0.176.